The molecular formula is C22H17FO4. The van der Waals surface area contributed by atoms with Crippen molar-refractivity contribution in [1.29, 1.82) is 0 Å². The van der Waals surface area contributed by atoms with Gasteiger partial charge in [-0.1, -0.05) is 42.5 Å². The Morgan fingerprint density at radius 2 is 1.44 bits per heavy atom. The summed E-state index contributed by atoms with van der Waals surface area (Å²) in [5, 5.41) is 0. The number of ether oxygens (including phenoxy) is 2. The molecule has 0 amide bonds. The average molecular weight is 364 g/mol. The fraction of sp³-hybridized carbons (Fsp3) is 0.0909. The van der Waals surface area contributed by atoms with Gasteiger partial charge >= 0.3 is 11.9 Å². The Morgan fingerprint density at radius 1 is 0.778 bits per heavy atom. The van der Waals surface area contributed by atoms with Gasteiger partial charge in [0.15, 0.2) is 0 Å². The number of benzene rings is 3. The molecule has 0 aromatic heterocycles. The van der Waals surface area contributed by atoms with E-state index in [9.17, 15) is 14.0 Å². The highest BCUT2D eigenvalue weighted by atomic mass is 19.1. The van der Waals surface area contributed by atoms with E-state index in [0.717, 1.165) is 5.56 Å². The van der Waals surface area contributed by atoms with Crippen molar-refractivity contribution in [3.63, 3.8) is 0 Å². The van der Waals surface area contributed by atoms with Crippen LogP contribution < -0.4 is 4.74 Å². The molecule has 0 heterocycles. The van der Waals surface area contributed by atoms with Crippen molar-refractivity contribution in [3.8, 4) is 5.75 Å². The van der Waals surface area contributed by atoms with E-state index in [1.54, 1.807) is 12.1 Å². The van der Waals surface area contributed by atoms with Crippen LogP contribution in [0, 0.1) is 5.82 Å². The van der Waals surface area contributed by atoms with Gasteiger partial charge < -0.3 is 9.47 Å². The first-order valence-electron chi connectivity index (χ1n) is 8.41. The van der Waals surface area contributed by atoms with Crippen LogP contribution in [0.5, 0.6) is 5.75 Å². The maximum atomic E-state index is 13.0. The summed E-state index contributed by atoms with van der Waals surface area (Å²) in [6, 6.07) is 21.0. The molecule has 0 fully saturated rings. The third-order valence-corrected chi connectivity index (χ3v) is 3.86. The molecule has 27 heavy (non-hydrogen) atoms. The highest BCUT2D eigenvalue weighted by Crippen LogP contribution is 2.20. The van der Waals surface area contributed by atoms with E-state index in [1.807, 2.05) is 30.3 Å². The highest BCUT2D eigenvalue weighted by Gasteiger charge is 2.17. The zero-order valence-corrected chi connectivity index (χ0v) is 14.4. The van der Waals surface area contributed by atoms with Gasteiger partial charge in [-0.2, -0.15) is 0 Å². The Bertz CT molecular complexity index is 921. The van der Waals surface area contributed by atoms with Crippen molar-refractivity contribution in [3.05, 3.63) is 101 Å². The fourth-order valence-corrected chi connectivity index (χ4v) is 2.45. The lowest BCUT2D eigenvalue weighted by Crippen LogP contribution is -2.14. The lowest BCUT2D eigenvalue weighted by Gasteiger charge is -2.10. The van der Waals surface area contributed by atoms with Gasteiger partial charge in [-0.05, 0) is 42.0 Å². The maximum Gasteiger partial charge on any atom is 0.343 e. The van der Waals surface area contributed by atoms with Crippen molar-refractivity contribution >= 4 is 11.9 Å². The van der Waals surface area contributed by atoms with Gasteiger partial charge in [-0.15, -0.1) is 0 Å². The summed E-state index contributed by atoms with van der Waals surface area (Å²) in [5.74, 6) is -1.61. The van der Waals surface area contributed by atoms with Gasteiger partial charge in [0.2, 0.25) is 0 Å². The number of rotatable bonds is 6. The molecule has 0 unspecified atom stereocenters. The molecule has 0 bridgehead atoms. The highest BCUT2D eigenvalue weighted by molar-refractivity contribution is 5.96. The Hall–Kier alpha value is -3.47. The van der Waals surface area contributed by atoms with Crippen molar-refractivity contribution in [1.82, 2.24) is 0 Å². The van der Waals surface area contributed by atoms with Crippen LogP contribution in [0.15, 0.2) is 78.9 Å². The van der Waals surface area contributed by atoms with Crippen molar-refractivity contribution in [2.45, 2.75) is 6.42 Å². The van der Waals surface area contributed by atoms with Gasteiger partial charge in [0.1, 0.15) is 17.1 Å². The minimum atomic E-state index is -0.681. The molecule has 4 nitrogen and oxygen atoms in total. The standard InChI is InChI=1S/C22H17FO4/c23-18-12-10-17(11-13-18)21(24)27-20-9-5-4-8-19(20)22(25)26-15-14-16-6-2-1-3-7-16/h1-13H,14-15H2. The van der Waals surface area contributed by atoms with Crippen LogP contribution >= 0.6 is 0 Å². The number of para-hydroxylation sites is 1. The second-order valence-corrected chi connectivity index (χ2v) is 5.76. The molecule has 0 N–H and O–H groups in total. The molecule has 136 valence electrons. The van der Waals surface area contributed by atoms with Gasteiger partial charge in [-0.3, -0.25) is 0 Å². The van der Waals surface area contributed by atoms with E-state index in [2.05, 4.69) is 0 Å². The van der Waals surface area contributed by atoms with Crippen molar-refractivity contribution in [2.24, 2.45) is 0 Å². The Morgan fingerprint density at radius 3 is 2.19 bits per heavy atom. The number of halogens is 1. The summed E-state index contributed by atoms with van der Waals surface area (Å²) in [7, 11) is 0. The second-order valence-electron chi connectivity index (χ2n) is 5.76. The molecule has 3 aromatic rings. The molecule has 0 aliphatic rings. The lowest BCUT2D eigenvalue weighted by atomic mass is 10.1. The monoisotopic (exact) mass is 364 g/mol. The van der Waals surface area contributed by atoms with Gasteiger partial charge in [0.25, 0.3) is 0 Å². The lowest BCUT2D eigenvalue weighted by molar-refractivity contribution is 0.0504. The quantitative estimate of drug-likeness (QED) is 0.479. The van der Waals surface area contributed by atoms with E-state index in [4.69, 9.17) is 9.47 Å². The Kier molecular flexibility index (Phi) is 5.94. The third kappa shape index (κ3) is 5.01. The largest absolute Gasteiger partial charge is 0.462 e. The third-order valence-electron chi connectivity index (χ3n) is 3.86. The zero-order chi connectivity index (χ0) is 19.1. The van der Waals surface area contributed by atoms with E-state index in [-0.39, 0.29) is 23.5 Å². The fourth-order valence-electron chi connectivity index (χ4n) is 2.45. The molecule has 0 spiro atoms. The van der Waals surface area contributed by atoms with Crippen LogP contribution in [0.25, 0.3) is 0 Å². The number of carbonyl (C=O) groups is 2. The minimum Gasteiger partial charge on any atom is -0.462 e. The number of carbonyl (C=O) groups excluding carboxylic acids is 2. The zero-order valence-electron chi connectivity index (χ0n) is 14.4. The normalized spacial score (nSPS) is 10.3. The first-order valence-corrected chi connectivity index (χ1v) is 8.41. The maximum absolute atomic E-state index is 13.0. The molecular weight excluding hydrogens is 347 g/mol. The minimum absolute atomic E-state index is 0.0940. The molecule has 0 radical (unpaired) electrons. The van der Waals surface area contributed by atoms with Crippen LogP contribution in [0.3, 0.4) is 0 Å². The molecule has 0 aliphatic heterocycles. The van der Waals surface area contributed by atoms with Crippen LogP contribution in [0.2, 0.25) is 0 Å². The van der Waals surface area contributed by atoms with Crippen molar-refractivity contribution in [2.75, 3.05) is 6.61 Å². The summed E-state index contributed by atoms with van der Waals surface area (Å²) in [4.78, 5) is 24.6. The average Bonchev–Trinajstić information content (AvgIpc) is 2.69. The summed E-state index contributed by atoms with van der Waals surface area (Å²) >= 11 is 0. The van der Waals surface area contributed by atoms with E-state index < -0.39 is 17.8 Å². The summed E-state index contributed by atoms with van der Waals surface area (Å²) in [5.41, 5.74) is 1.39. The first kappa shape index (κ1) is 18.3. The number of esters is 2. The second kappa shape index (κ2) is 8.76. The van der Waals surface area contributed by atoms with Gasteiger partial charge in [0.05, 0.1) is 12.2 Å². The predicted octanol–water partition coefficient (Wildman–Crippen LogP) is 4.44. The van der Waals surface area contributed by atoms with E-state index in [0.29, 0.717) is 6.42 Å². The molecule has 5 heteroatoms. The molecule has 0 saturated heterocycles. The Balaban J connectivity index is 1.65. The smallest absolute Gasteiger partial charge is 0.343 e. The van der Waals surface area contributed by atoms with Crippen LogP contribution in [0.4, 0.5) is 4.39 Å². The summed E-state index contributed by atoms with van der Waals surface area (Å²) in [6.07, 6.45) is 0.587. The summed E-state index contributed by atoms with van der Waals surface area (Å²) < 4.78 is 23.6. The predicted molar refractivity (Wildman–Crippen MR) is 98.2 cm³/mol. The molecule has 0 aliphatic carbocycles. The topological polar surface area (TPSA) is 52.6 Å². The first-order chi connectivity index (χ1) is 13.1. The molecule has 3 aromatic carbocycles. The van der Waals surface area contributed by atoms with E-state index in [1.165, 1.54) is 36.4 Å². The SMILES string of the molecule is O=C(Oc1ccccc1C(=O)OCCc1ccccc1)c1ccc(F)cc1. The van der Waals surface area contributed by atoms with Gasteiger partial charge in [0, 0.05) is 6.42 Å². The van der Waals surface area contributed by atoms with Gasteiger partial charge in [-0.25, -0.2) is 14.0 Å². The molecule has 0 saturated carbocycles. The van der Waals surface area contributed by atoms with Crippen molar-refractivity contribution < 1.29 is 23.5 Å². The molecule has 3 rings (SSSR count). The summed E-state index contributed by atoms with van der Waals surface area (Å²) in [6.45, 7) is 0.211. The molecule has 0 atom stereocenters. The number of hydrogen-bond acceptors (Lipinski definition) is 4. The number of hydrogen-bond donors (Lipinski definition) is 0. The van der Waals surface area contributed by atoms with Crippen LogP contribution in [0.1, 0.15) is 26.3 Å². The van der Waals surface area contributed by atoms with Crippen LogP contribution in [-0.4, -0.2) is 18.5 Å². The Labute approximate surface area is 156 Å². The van der Waals surface area contributed by atoms with Crippen LogP contribution in [-0.2, 0) is 11.2 Å². The van der Waals surface area contributed by atoms with E-state index >= 15 is 0 Å².